The lowest BCUT2D eigenvalue weighted by Crippen LogP contribution is -2.36. The zero-order valence-corrected chi connectivity index (χ0v) is 28.0. The minimum absolute atomic E-state index is 0.0797. The average molecular weight is 668 g/mol. The average Bonchev–Trinajstić information content (AvgIpc) is 4.00. The Labute approximate surface area is 282 Å². The summed E-state index contributed by atoms with van der Waals surface area (Å²) in [5.74, 6) is 0.669. The highest BCUT2D eigenvalue weighted by Crippen LogP contribution is 2.49. The molecule has 5 aromatic rings. The van der Waals surface area contributed by atoms with Crippen LogP contribution < -0.4 is 14.8 Å². The Morgan fingerprint density at radius 1 is 1.08 bits per heavy atom. The SMILES string of the molecule is Cc1cccc(C)c1-c1cc(OCC(CC2(C)CC2)NCc2nc3cc(C4CC4)oc3cc2F)nc(NSc2cccc(C(=O)O)c2)n1. The number of hydrogen-bond donors (Lipinski definition) is 3. The molecule has 1 atom stereocenters. The quantitative estimate of drug-likeness (QED) is 0.0994. The molecule has 2 aliphatic carbocycles. The number of nitrogens with one attached hydrogen (secondary N) is 2. The molecule has 3 N–H and O–H groups in total. The van der Waals surface area contributed by atoms with E-state index in [-0.39, 0.29) is 29.4 Å². The number of pyridine rings is 1. The van der Waals surface area contributed by atoms with Crippen LogP contribution in [0, 0.1) is 25.1 Å². The van der Waals surface area contributed by atoms with Crippen molar-refractivity contribution in [3.8, 4) is 17.1 Å². The number of furan rings is 1. The van der Waals surface area contributed by atoms with Gasteiger partial charge in [-0.05, 0) is 92.6 Å². The molecule has 0 aliphatic heterocycles. The molecule has 3 heterocycles. The van der Waals surface area contributed by atoms with Gasteiger partial charge in [0.25, 0.3) is 0 Å². The number of carboxylic acids is 1. The van der Waals surface area contributed by atoms with Gasteiger partial charge < -0.3 is 19.6 Å². The van der Waals surface area contributed by atoms with Gasteiger partial charge in [0.2, 0.25) is 11.8 Å². The van der Waals surface area contributed by atoms with Gasteiger partial charge in [-0.3, -0.25) is 4.72 Å². The zero-order chi connectivity index (χ0) is 33.4. The van der Waals surface area contributed by atoms with Gasteiger partial charge in [-0.15, -0.1) is 0 Å². The summed E-state index contributed by atoms with van der Waals surface area (Å²) in [6.45, 7) is 6.92. The fraction of sp³-hybridized carbons (Fsp3) is 0.351. The molecule has 0 spiro atoms. The Kier molecular flexibility index (Phi) is 8.82. The Balaban J connectivity index is 1.11. The van der Waals surface area contributed by atoms with E-state index in [1.54, 1.807) is 18.2 Å². The third-order valence-electron chi connectivity index (χ3n) is 9.14. The van der Waals surface area contributed by atoms with Crippen LogP contribution in [0.4, 0.5) is 10.3 Å². The molecular weight excluding hydrogens is 630 g/mol. The maximum absolute atomic E-state index is 15.1. The van der Waals surface area contributed by atoms with E-state index in [9.17, 15) is 9.90 Å². The molecule has 9 nitrogen and oxygen atoms in total. The summed E-state index contributed by atoms with van der Waals surface area (Å²) < 4.78 is 30.5. The highest BCUT2D eigenvalue weighted by molar-refractivity contribution is 8.00. The Bertz CT molecular complexity index is 1970. The zero-order valence-electron chi connectivity index (χ0n) is 27.2. The number of aryl methyl sites for hydroxylation is 2. The molecule has 2 fully saturated rings. The molecule has 11 heteroatoms. The van der Waals surface area contributed by atoms with Gasteiger partial charge in [-0.2, -0.15) is 4.98 Å². The van der Waals surface area contributed by atoms with Crippen LogP contribution in [-0.4, -0.2) is 38.7 Å². The molecule has 2 saturated carbocycles. The van der Waals surface area contributed by atoms with Crippen LogP contribution in [0.1, 0.15) is 77.9 Å². The van der Waals surface area contributed by atoms with Gasteiger partial charge in [0, 0.05) is 47.2 Å². The molecule has 3 aromatic heterocycles. The number of anilines is 1. The van der Waals surface area contributed by atoms with Crippen molar-refractivity contribution >= 4 is 35.0 Å². The minimum Gasteiger partial charge on any atom is -0.478 e. The van der Waals surface area contributed by atoms with Crippen molar-refractivity contribution in [2.75, 3.05) is 11.3 Å². The summed E-state index contributed by atoms with van der Waals surface area (Å²) in [4.78, 5) is 26.3. The van der Waals surface area contributed by atoms with Crippen molar-refractivity contribution < 1.29 is 23.4 Å². The van der Waals surface area contributed by atoms with Crippen LogP contribution in [-0.2, 0) is 6.54 Å². The van der Waals surface area contributed by atoms with Crippen LogP contribution in [0.25, 0.3) is 22.4 Å². The normalized spacial score (nSPS) is 15.8. The van der Waals surface area contributed by atoms with Gasteiger partial charge >= 0.3 is 5.97 Å². The van der Waals surface area contributed by atoms with Gasteiger partial charge in [-0.1, -0.05) is 31.2 Å². The van der Waals surface area contributed by atoms with Crippen LogP contribution >= 0.6 is 11.9 Å². The number of fused-ring (bicyclic) bond motifs is 1. The van der Waals surface area contributed by atoms with Crippen molar-refractivity contribution in [3.05, 3.63) is 94.6 Å². The van der Waals surface area contributed by atoms with Gasteiger partial charge in [0.15, 0.2) is 5.58 Å². The second-order valence-corrected chi connectivity index (χ2v) is 14.2. The summed E-state index contributed by atoms with van der Waals surface area (Å²) in [6, 6.07) is 17.9. The van der Waals surface area contributed by atoms with E-state index >= 15 is 4.39 Å². The van der Waals surface area contributed by atoms with Crippen molar-refractivity contribution in [2.45, 2.75) is 76.3 Å². The molecular formula is C37H38FN5O4S. The second-order valence-electron chi connectivity index (χ2n) is 13.3. The number of ether oxygens (including phenoxy) is 1. The van der Waals surface area contributed by atoms with Gasteiger partial charge in [0.05, 0.1) is 17.0 Å². The third-order valence-corrected chi connectivity index (χ3v) is 9.92. The molecule has 7 rings (SSSR count). The van der Waals surface area contributed by atoms with Crippen LogP contribution in [0.5, 0.6) is 5.88 Å². The van der Waals surface area contributed by atoms with Crippen LogP contribution in [0.3, 0.4) is 0 Å². The van der Waals surface area contributed by atoms with Crippen LogP contribution in [0.2, 0.25) is 0 Å². The lowest BCUT2D eigenvalue weighted by atomic mass is 9.99. The maximum Gasteiger partial charge on any atom is 0.335 e. The largest absolute Gasteiger partial charge is 0.478 e. The van der Waals surface area contributed by atoms with E-state index in [1.807, 2.05) is 50.2 Å². The number of carbonyl (C=O) groups is 1. The number of hydrogen-bond acceptors (Lipinski definition) is 9. The molecule has 0 radical (unpaired) electrons. The molecule has 2 aliphatic rings. The highest BCUT2D eigenvalue weighted by Gasteiger charge is 2.39. The van der Waals surface area contributed by atoms with Crippen molar-refractivity contribution in [1.29, 1.82) is 0 Å². The first-order valence-corrected chi connectivity index (χ1v) is 17.1. The first-order chi connectivity index (χ1) is 23.1. The van der Waals surface area contributed by atoms with E-state index in [0.29, 0.717) is 51.7 Å². The first kappa shape index (κ1) is 32.1. The smallest absolute Gasteiger partial charge is 0.335 e. The van der Waals surface area contributed by atoms with Gasteiger partial charge in [-0.25, -0.2) is 19.2 Å². The van der Waals surface area contributed by atoms with E-state index in [0.717, 1.165) is 54.6 Å². The molecule has 1 unspecified atom stereocenters. The Morgan fingerprint density at radius 2 is 1.85 bits per heavy atom. The van der Waals surface area contributed by atoms with E-state index in [1.165, 1.54) is 18.0 Å². The standard InChI is InChI=1S/C37H38FN5O4S/c1-21-6-4-7-22(2)34(21)29-17-33(42-36(41-29)43-48-26-9-5-8-24(14-26)35(44)45)46-20-25(18-37(3)12-13-37)39-19-30-27(38)15-32-28(40-30)16-31(47-32)23-10-11-23/h4-9,14-17,23,25,39H,10-13,18-20H2,1-3H3,(H,44,45)(H,41,42,43). The topological polar surface area (TPSA) is 122 Å². The second kappa shape index (κ2) is 13.2. The Morgan fingerprint density at radius 3 is 2.58 bits per heavy atom. The number of halogens is 1. The van der Waals surface area contributed by atoms with Crippen molar-refractivity contribution in [1.82, 2.24) is 20.3 Å². The van der Waals surface area contributed by atoms with E-state index in [2.05, 4.69) is 26.9 Å². The van der Waals surface area contributed by atoms with E-state index < -0.39 is 5.97 Å². The number of aromatic carboxylic acids is 1. The van der Waals surface area contributed by atoms with E-state index in [4.69, 9.17) is 14.1 Å². The predicted octanol–water partition coefficient (Wildman–Crippen LogP) is 8.46. The number of rotatable bonds is 14. The molecule has 0 saturated heterocycles. The fourth-order valence-electron chi connectivity index (χ4n) is 6.01. The first-order valence-electron chi connectivity index (χ1n) is 16.3. The van der Waals surface area contributed by atoms with Crippen molar-refractivity contribution in [3.63, 3.8) is 0 Å². The summed E-state index contributed by atoms with van der Waals surface area (Å²) >= 11 is 1.23. The predicted molar refractivity (Wildman–Crippen MR) is 184 cm³/mol. The third kappa shape index (κ3) is 7.47. The number of benzene rings is 2. The molecule has 2 aromatic carbocycles. The highest BCUT2D eigenvalue weighted by atomic mass is 32.2. The lowest BCUT2D eigenvalue weighted by Gasteiger charge is -2.22. The summed E-state index contributed by atoms with van der Waals surface area (Å²) in [5, 5.41) is 12.9. The maximum atomic E-state index is 15.1. The summed E-state index contributed by atoms with van der Waals surface area (Å²) in [5.41, 5.74) is 5.78. The molecule has 0 bridgehead atoms. The minimum atomic E-state index is -0.993. The molecule has 0 amide bonds. The molecule has 248 valence electrons. The number of nitrogens with zero attached hydrogens (tertiary/aromatic N) is 3. The fourth-order valence-corrected chi connectivity index (χ4v) is 6.65. The molecule has 48 heavy (non-hydrogen) atoms. The summed E-state index contributed by atoms with van der Waals surface area (Å²) in [6.07, 6.45) is 5.35. The van der Waals surface area contributed by atoms with Gasteiger partial charge in [0.1, 0.15) is 23.7 Å². The van der Waals surface area contributed by atoms with Crippen molar-refractivity contribution in [2.24, 2.45) is 5.41 Å². The monoisotopic (exact) mass is 667 g/mol. The lowest BCUT2D eigenvalue weighted by molar-refractivity contribution is 0.0696. The number of aromatic nitrogens is 3. The summed E-state index contributed by atoms with van der Waals surface area (Å²) in [7, 11) is 0. The Hall–Kier alpha value is -4.48. The number of carboxylic acid groups (broad SMARTS) is 1. The van der Waals surface area contributed by atoms with Crippen LogP contribution in [0.15, 0.2) is 70.0 Å².